The second-order valence-corrected chi connectivity index (χ2v) is 4.58. The maximum absolute atomic E-state index is 13.1. The SMILES string of the molecule is COc1cc([C@H](OCCC(=O)O)C(F)(F)F)cc(Cl)c1OC. The standard InChI is InChI=1S/C13H14ClF3O5/c1-20-9-6-7(5-8(14)11(9)21-2)12(13(15,16)17)22-4-3-10(18)19/h5-6,12H,3-4H2,1-2H3,(H,18,19)/t12-/m0/s1. The summed E-state index contributed by atoms with van der Waals surface area (Å²) in [5.41, 5.74) is -0.305. The number of benzene rings is 1. The Labute approximate surface area is 129 Å². The Kier molecular flexibility index (Phi) is 6.31. The van der Waals surface area contributed by atoms with Crippen LogP contribution in [0.15, 0.2) is 12.1 Å². The summed E-state index contributed by atoms with van der Waals surface area (Å²) < 4.78 is 53.8. The molecule has 0 aliphatic heterocycles. The van der Waals surface area contributed by atoms with E-state index in [1.165, 1.54) is 14.2 Å². The molecule has 1 atom stereocenters. The van der Waals surface area contributed by atoms with Crippen molar-refractivity contribution in [2.45, 2.75) is 18.7 Å². The van der Waals surface area contributed by atoms with Gasteiger partial charge in [-0.25, -0.2) is 0 Å². The van der Waals surface area contributed by atoms with E-state index in [1.807, 2.05) is 0 Å². The molecule has 0 amide bonds. The van der Waals surface area contributed by atoms with E-state index < -0.39 is 31.3 Å². The third-order valence-electron chi connectivity index (χ3n) is 2.66. The van der Waals surface area contributed by atoms with Crippen molar-refractivity contribution >= 4 is 17.6 Å². The van der Waals surface area contributed by atoms with Gasteiger partial charge in [0.15, 0.2) is 17.6 Å². The van der Waals surface area contributed by atoms with Crippen molar-refractivity contribution in [3.8, 4) is 11.5 Å². The molecule has 5 nitrogen and oxygen atoms in total. The van der Waals surface area contributed by atoms with Gasteiger partial charge in [0.1, 0.15) is 0 Å². The third-order valence-corrected chi connectivity index (χ3v) is 2.94. The predicted molar refractivity (Wildman–Crippen MR) is 71.6 cm³/mol. The summed E-state index contributed by atoms with van der Waals surface area (Å²) in [7, 11) is 2.56. The first-order chi connectivity index (χ1) is 10.2. The number of ether oxygens (including phenoxy) is 3. The Morgan fingerprint density at radius 3 is 2.41 bits per heavy atom. The molecule has 0 saturated carbocycles. The van der Waals surface area contributed by atoms with Crippen molar-refractivity contribution in [3.63, 3.8) is 0 Å². The van der Waals surface area contributed by atoms with Gasteiger partial charge in [0.05, 0.1) is 32.3 Å². The Morgan fingerprint density at radius 2 is 1.95 bits per heavy atom. The quantitative estimate of drug-likeness (QED) is 0.822. The number of hydrogen-bond acceptors (Lipinski definition) is 4. The predicted octanol–water partition coefficient (Wildman–Crippen LogP) is 3.45. The molecule has 0 aromatic heterocycles. The molecule has 1 rings (SSSR count). The molecule has 22 heavy (non-hydrogen) atoms. The van der Waals surface area contributed by atoms with E-state index in [-0.39, 0.29) is 22.1 Å². The van der Waals surface area contributed by atoms with Gasteiger partial charge in [0.25, 0.3) is 0 Å². The molecular formula is C13H14ClF3O5. The highest BCUT2D eigenvalue weighted by Crippen LogP contribution is 2.42. The lowest BCUT2D eigenvalue weighted by Crippen LogP contribution is -2.24. The molecule has 0 aliphatic carbocycles. The lowest BCUT2D eigenvalue weighted by molar-refractivity contribution is -0.224. The van der Waals surface area contributed by atoms with E-state index in [4.69, 9.17) is 26.2 Å². The molecule has 0 radical (unpaired) electrons. The average Bonchev–Trinajstić information content (AvgIpc) is 2.40. The lowest BCUT2D eigenvalue weighted by atomic mass is 10.1. The van der Waals surface area contributed by atoms with Crippen molar-refractivity contribution in [1.82, 2.24) is 0 Å². The van der Waals surface area contributed by atoms with E-state index in [1.54, 1.807) is 0 Å². The summed E-state index contributed by atoms with van der Waals surface area (Å²) in [5, 5.41) is 8.40. The van der Waals surface area contributed by atoms with Gasteiger partial charge in [-0.2, -0.15) is 13.2 Å². The smallest absolute Gasteiger partial charge is 0.418 e. The number of carbonyl (C=O) groups is 1. The van der Waals surface area contributed by atoms with Gasteiger partial charge >= 0.3 is 12.1 Å². The average molecular weight is 343 g/mol. The summed E-state index contributed by atoms with van der Waals surface area (Å²) in [6.45, 7) is -0.592. The van der Waals surface area contributed by atoms with Gasteiger partial charge in [-0.15, -0.1) is 0 Å². The normalized spacial score (nSPS) is 12.8. The van der Waals surface area contributed by atoms with Crippen LogP contribution in [-0.4, -0.2) is 38.1 Å². The zero-order valence-electron chi connectivity index (χ0n) is 11.7. The second kappa shape index (κ2) is 7.55. The van der Waals surface area contributed by atoms with Gasteiger partial charge in [-0.3, -0.25) is 4.79 Å². The van der Waals surface area contributed by atoms with Crippen molar-refractivity contribution in [1.29, 1.82) is 0 Å². The van der Waals surface area contributed by atoms with Crippen LogP contribution in [0.2, 0.25) is 5.02 Å². The molecule has 0 aliphatic rings. The van der Waals surface area contributed by atoms with Crippen LogP contribution in [0.5, 0.6) is 11.5 Å². The summed E-state index contributed by atoms with van der Waals surface area (Å²) in [4.78, 5) is 10.4. The largest absolute Gasteiger partial charge is 0.493 e. The molecule has 0 bridgehead atoms. The van der Waals surface area contributed by atoms with Crippen LogP contribution in [0.1, 0.15) is 18.1 Å². The minimum absolute atomic E-state index is 0.0149. The van der Waals surface area contributed by atoms with E-state index in [2.05, 4.69) is 4.74 Å². The van der Waals surface area contributed by atoms with Crippen LogP contribution >= 0.6 is 11.6 Å². The van der Waals surface area contributed by atoms with Gasteiger partial charge in [-0.05, 0) is 17.7 Å². The van der Waals surface area contributed by atoms with E-state index in [0.29, 0.717) is 0 Å². The highest BCUT2D eigenvalue weighted by molar-refractivity contribution is 6.32. The minimum atomic E-state index is -4.73. The molecule has 0 spiro atoms. The fourth-order valence-electron chi connectivity index (χ4n) is 1.73. The minimum Gasteiger partial charge on any atom is -0.493 e. The van der Waals surface area contributed by atoms with Crippen LogP contribution in [0.25, 0.3) is 0 Å². The number of halogens is 4. The highest BCUT2D eigenvalue weighted by atomic mass is 35.5. The number of aliphatic carboxylic acids is 1. The highest BCUT2D eigenvalue weighted by Gasteiger charge is 2.42. The first-order valence-electron chi connectivity index (χ1n) is 6.02. The fraction of sp³-hybridized carbons (Fsp3) is 0.462. The number of alkyl halides is 3. The van der Waals surface area contributed by atoms with Gasteiger partial charge in [0.2, 0.25) is 0 Å². The third kappa shape index (κ3) is 4.67. The van der Waals surface area contributed by atoms with Crippen molar-refractivity contribution < 1.29 is 37.3 Å². The van der Waals surface area contributed by atoms with E-state index in [9.17, 15) is 18.0 Å². The molecular weight excluding hydrogens is 329 g/mol. The summed E-state index contributed by atoms with van der Waals surface area (Å²) in [6.07, 6.45) is -7.60. The molecule has 1 N–H and O–H groups in total. The van der Waals surface area contributed by atoms with Crippen molar-refractivity contribution in [3.05, 3.63) is 22.7 Å². The molecule has 0 heterocycles. The first-order valence-corrected chi connectivity index (χ1v) is 6.40. The number of methoxy groups -OCH3 is 2. The Bertz CT molecular complexity index is 533. The number of carboxylic acids is 1. The monoisotopic (exact) mass is 342 g/mol. The first kappa shape index (κ1) is 18.4. The summed E-state index contributed by atoms with van der Waals surface area (Å²) in [6, 6.07) is 2.13. The van der Waals surface area contributed by atoms with Gasteiger partial charge in [-0.1, -0.05) is 11.6 Å². The van der Waals surface area contributed by atoms with Gasteiger partial charge in [0, 0.05) is 0 Å². The molecule has 0 fully saturated rings. The zero-order valence-corrected chi connectivity index (χ0v) is 12.5. The lowest BCUT2D eigenvalue weighted by Gasteiger charge is -2.22. The van der Waals surface area contributed by atoms with E-state index >= 15 is 0 Å². The Morgan fingerprint density at radius 1 is 1.32 bits per heavy atom. The Hall–Kier alpha value is -1.67. The van der Waals surface area contributed by atoms with Gasteiger partial charge < -0.3 is 19.3 Å². The molecule has 9 heteroatoms. The summed E-state index contributed by atoms with van der Waals surface area (Å²) >= 11 is 5.87. The topological polar surface area (TPSA) is 65.0 Å². The summed E-state index contributed by atoms with van der Waals surface area (Å²) in [5.74, 6) is -1.15. The van der Waals surface area contributed by atoms with Crippen LogP contribution in [0.4, 0.5) is 13.2 Å². The van der Waals surface area contributed by atoms with Crippen molar-refractivity contribution in [2.75, 3.05) is 20.8 Å². The zero-order chi connectivity index (χ0) is 16.9. The molecule has 1 aromatic carbocycles. The molecule has 124 valence electrons. The number of hydrogen-bond donors (Lipinski definition) is 1. The van der Waals surface area contributed by atoms with Crippen LogP contribution in [-0.2, 0) is 9.53 Å². The maximum atomic E-state index is 13.1. The van der Waals surface area contributed by atoms with E-state index in [0.717, 1.165) is 12.1 Å². The number of rotatable bonds is 7. The maximum Gasteiger partial charge on any atom is 0.418 e. The fourth-order valence-corrected chi connectivity index (χ4v) is 2.03. The number of carboxylic acid groups (broad SMARTS) is 1. The van der Waals surface area contributed by atoms with Crippen molar-refractivity contribution in [2.24, 2.45) is 0 Å². The molecule has 1 aromatic rings. The van der Waals surface area contributed by atoms with Crippen LogP contribution in [0.3, 0.4) is 0 Å². The van der Waals surface area contributed by atoms with Crippen LogP contribution in [0, 0.1) is 0 Å². The molecule has 0 saturated heterocycles. The Balaban J connectivity index is 3.14. The second-order valence-electron chi connectivity index (χ2n) is 4.17. The van der Waals surface area contributed by atoms with Crippen LogP contribution < -0.4 is 9.47 Å². The molecule has 0 unspecified atom stereocenters.